The molecule has 0 fully saturated rings. The average molecular weight is 493 g/mol. The summed E-state index contributed by atoms with van der Waals surface area (Å²) in [5.41, 5.74) is 0. The number of hydrogen-bond donors (Lipinski definition) is 0. The van der Waals surface area contributed by atoms with Crippen molar-refractivity contribution < 1.29 is 28.1 Å². The first-order chi connectivity index (χ1) is 16.9. The van der Waals surface area contributed by atoms with Gasteiger partial charge < -0.3 is 23.7 Å². The van der Waals surface area contributed by atoms with E-state index in [1.165, 1.54) is 96.3 Å². The summed E-state index contributed by atoms with van der Waals surface area (Å²) in [4.78, 5) is 0. The molecule has 0 aliphatic carbocycles. The highest BCUT2D eigenvalue weighted by Gasteiger charge is 1.96. The number of ether oxygens (including phenoxy) is 5. The molecule has 0 aliphatic rings. The first-order valence-electron chi connectivity index (χ1n) is 14.4. The van der Waals surface area contributed by atoms with Crippen molar-refractivity contribution in [3.05, 3.63) is 0 Å². The lowest BCUT2D eigenvalue weighted by molar-refractivity contribution is -0.0119. The topological polar surface area (TPSA) is 46.2 Å². The quantitative estimate of drug-likeness (QED) is 0.0950. The van der Waals surface area contributed by atoms with Crippen molar-refractivity contribution >= 4 is 0 Å². The molecule has 0 atom stereocenters. The summed E-state index contributed by atoms with van der Waals surface area (Å²) in [6.45, 7) is 7.15. The zero-order valence-corrected chi connectivity index (χ0v) is 22.5. The largest absolute Gasteiger partial charge is 0.379 e. The molecular formula is C28H57FO5. The van der Waals surface area contributed by atoms with Gasteiger partial charge in [-0.3, -0.25) is 0 Å². The normalized spacial score (nSPS) is 11.5. The standard InChI is InChI=1S/C28H57FO5/c1-2-3-4-5-6-7-8-9-10-11-12-13-14-15-16-17-19-30-21-23-32-25-27-34-28-26-33-24-22-31-20-18-29/h2-28H2,1H3. The lowest BCUT2D eigenvalue weighted by atomic mass is 10.0. The van der Waals surface area contributed by atoms with Gasteiger partial charge in [-0.1, -0.05) is 103 Å². The van der Waals surface area contributed by atoms with Crippen LogP contribution in [0.25, 0.3) is 0 Å². The van der Waals surface area contributed by atoms with Gasteiger partial charge in [0.15, 0.2) is 0 Å². The van der Waals surface area contributed by atoms with E-state index < -0.39 is 6.67 Å². The zero-order valence-electron chi connectivity index (χ0n) is 22.5. The van der Waals surface area contributed by atoms with Gasteiger partial charge in [-0.15, -0.1) is 0 Å². The van der Waals surface area contributed by atoms with Crippen LogP contribution in [0, 0.1) is 0 Å². The van der Waals surface area contributed by atoms with Crippen LogP contribution in [0.1, 0.15) is 110 Å². The van der Waals surface area contributed by atoms with E-state index in [1.54, 1.807) is 0 Å². The van der Waals surface area contributed by atoms with Crippen molar-refractivity contribution in [2.24, 2.45) is 0 Å². The van der Waals surface area contributed by atoms with Crippen LogP contribution >= 0.6 is 0 Å². The monoisotopic (exact) mass is 492 g/mol. The molecule has 0 aromatic rings. The van der Waals surface area contributed by atoms with Crippen LogP contribution in [0.2, 0.25) is 0 Å². The van der Waals surface area contributed by atoms with Gasteiger partial charge in [0.05, 0.1) is 59.5 Å². The molecule has 0 unspecified atom stereocenters. The van der Waals surface area contributed by atoms with Crippen molar-refractivity contribution in [2.75, 3.05) is 72.7 Å². The number of halogens is 1. The Labute approximate surface area is 210 Å². The maximum Gasteiger partial charge on any atom is 0.113 e. The Bertz CT molecular complexity index is 315. The van der Waals surface area contributed by atoms with Gasteiger partial charge in [-0.25, -0.2) is 4.39 Å². The third-order valence-electron chi connectivity index (χ3n) is 5.85. The highest BCUT2D eigenvalue weighted by atomic mass is 19.1. The molecule has 0 radical (unpaired) electrons. The summed E-state index contributed by atoms with van der Waals surface area (Å²) in [6, 6.07) is 0. The Morgan fingerprint density at radius 2 is 0.588 bits per heavy atom. The van der Waals surface area contributed by atoms with Gasteiger partial charge in [0.2, 0.25) is 0 Å². The van der Waals surface area contributed by atoms with E-state index in [1.807, 2.05) is 0 Å². The zero-order chi connectivity index (χ0) is 24.6. The highest BCUT2D eigenvalue weighted by Crippen LogP contribution is 2.13. The maximum atomic E-state index is 11.8. The molecule has 206 valence electrons. The minimum absolute atomic E-state index is 0.139. The van der Waals surface area contributed by atoms with Crippen LogP contribution in [-0.2, 0) is 23.7 Å². The molecule has 6 heteroatoms. The van der Waals surface area contributed by atoms with Crippen LogP contribution in [-0.4, -0.2) is 72.7 Å². The van der Waals surface area contributed by atoms with Crippen molar-refractivity contribution in [1.29, 1.82) is 0 Å². The second-order valence-electron chi connectivity index (χ2n) is 9.05. The second-order valence-corrected chi connectivity index (χ2v) is 9.05. The molecule has 0 spiro atoms. The molecule has 5 nitrogen and oxygen atoms in total. The van der Waals surface area contributed by atoms with Crippen LogP contribution in [0.15, 0.2) is 0 Å². The fraction of sp³-hybridized carbons (Fsp3) is 1.00. The van der Waals surface area contributed by atoms with Crippen molar-refractivity contribution in [1.82, 2.24) is 0 Å². The van der Waals surface area contributed by atoms with E-state index in [4.69, 9.17) is 23.7 Å². The summed E-state index contributed by atoms with van der Waals surface area (Å²) in [5, 5.41) is 0. The Morgan fingerprint density at radius 3 is 0.912 bits per heavy atom. The highest BCUT2D eigenvalue weighted by molar-refractivity contribution is 4.50. The molecule has 0 bridgehead atoms. The number of hydrogen-bond acceptors (Lipinski definition) is 5. The first kappa shape index (κ1) is 33.7. The Kier molecular flexibility index (Phi) is 32.5. The van der Waals surface area contributed by atoms with Crippen LogP contribution < -0.4 is 0 Å². The minimum atomic E-state index is -0.451. The van der Waals surface area contributed by atoms with Gasteiger partial charge >= 0.3 is 0 Å². The summed E-state index contributed by atoms with van der Waals surface area (Å²) in [6.07, 6.45) is 22.3. The van der Waals surface area contributed by atoms with Crippen molar-refractivity contribution in [2.45, 2.75) is 110 Å². The molecule has 0 saturated heterocycles. The van der Waals surface area contributed by atoms with E-state index in [2.05, 4.69) is 6.92 Å². The third kappa shape index (κ3) is 31.7. The Morgan fingerprint density at radius 1 is 0.324 bits per heavy atom. The van der Waals surface area contributed by atoms with E-state index >= 15 is 0 Å². The van der Waals surface area contributed by atoms with Crippen LogP contribution in [0.3, 0.4) is 0 Å². The minimum Gasteiger partial charge on any atom is -0.379 e. The molecule has 0 saturated carbocycles. The molecule has 0 aliphatic heterocycles. The van der Waals surface area contributed by atoms with Gasteiger partial charge in [-0.05, 0) is 6.42 Å². The molecular weight excluding hydrogens is 435 g/mol. The second kappa shape index (κ2) is 32.7. The summed E-state index contributed by atoms with van der Waals surface area (Å²) >= 11 is 0. The van der Waals surface area contributed by atoms with Crippen molar-refractivity contribution in [3.8, 4) is 0 Å². The van der Waals surface area contributed by atoms with Gasteiger partial charge in [0.1, 0.15) is 6.67 Å². The fourth-order valence-electron chi connectivity index (χ4n) is 3.79. The third-order valence-corrected chi connectivity index (χ3v) is 5.85. The predicted molar refractivity (Wildman–Crippen MR) is 140 cm³/mol. The van der Waals surface area contributed by atoms with Gasteiger partial charge in [0, 0.05) is 6.61 Å². The maximum absolute atomic E-state index is 11.8. The first-order valence-corrected chi connectivity index (χ1v) is 14.4. The smallest absolute Gasteiger partial charge is 0.113 e. The van der Waals surface area contributed by atoms with Crippen molar-refractivity contribution in [3.63, 3.8) is 0 Å². The van der Waals surface area contributed by atoms with E-state index in [9.17, 15) is 4.39 Å². The van der Waals surface area contributed by atoms with E-state index in [0.717, 1.165) is 13.0 Å². The lowest BCUT2D eigenvalue weighted by Gasteiger charge is -2.08. The Balaban J connectivity index is 2.99. The molecule has 34 heavy (non-hydrogen) atoms. The number of rotatable bonds is 31. The average Bonchev–Trinajstić information content (AvgIpc) is 2.85. The SMILES string of the molecule is CCCCCCCCCCCCCCCCCCOCCOCCOCCOCCOCCF. The molecule has 0 amide bonds. The predicted octanol–water partition coefficient (Wildman–Crippen LogP) is 7.30. The molecule has 0 aromatic carbocycles. The summed E-state index contributed by atoms with van der Waals surface area (Å²) in [7, 11) is 0. The lowest BCUT2D eigenvalue weighted by Crippen LogP contribution is -2.13. The van der Waals surface area contributed by atoms with E-state index in [0.29, 0.717) is 52.9 Å². The Hall–Kier alpha value is -0.270. The summed E-state index contributed by atoms with van der Waals surface area (Å²) in [5.74, 6) is 0. The van der Waals surface area contributed by atoms with Crippen LogP contribution in [0.5, 0.6) is 0 Å². The van der Waals surface area contributed by atoms with Crippen LogP contribution in [0.4, 0.5) is 4.39 Å². The summed E-state index contributed by atoms with van der Waals surface area (Å²) < 4.78 is 38.6. The van der Waals surface area contributed by atoms with Gasteiger partial charge in [0.25, 0.3) is 0 Å². The molecule has 0 N–H and O–H groups in total. The number of unbranched alkanes of at least 4 members (excludes halogenated alkanes) is 15. The van der Waals surface area contributed by atoms with Gasteiger partial charge in [-0.2, -0.15) is 0 Å². The number of alkyl halides is 1. The molecule has 0 rings (SSSR count). The molecule has 0 heterocycles. The van der Waals surface area contributed by atoms with E-state index in [-0.39, 0.29) is 6.61 Å². The fourth-order valence-corrected chi connectivity index (χ4v) is 3.79. The molecule has 0 aromatic heterocycles.